The molecule has 27 heavy (non-hydrogen) atoms. The highest BCUT2D eigenvalue weighted by molar-refractivity contribution is 5.92. The second-order valence-corrected chi connectivity index (χ2v) is 7.29. The van der Waals surface area contributed by atoms with Gasteiger partial charge in [0, 0.05) is 44.3 Å². The Morgan fingerprint density at radius 2 is 2.00 bits per heavy atom. The molecule has 1 amide bonds. The molecule has 1 saturated carbocycles. The summed E-state index contributed by atoms with van der Waals surface area (Å²) < 4.78 is 18.6. The summed E-state index contributed by atoms with van der Waals surface area (Å²) in [4.78, 5) is 17.2. The van der Waals surface area contributed by atoms with Gasteiger partial charge in [0.25, 0.3) is 5.91 Å². The summed E-state index contributed by atoms with van der Waals surface area (Å²) in [5, 5.41) is 7.25. The number of benzene rings is 1. The summed E-state index contributed by atoms with van der Waals surface area (Å²) in [6, 6.07) is 8.20. The number of carbonyl (C=O) groups excluding carboxylic acids is 1. The highest BCUT2D eigenvalue weighted by Crippen LogP contribution is 2.39. The third kappa shape index (κ3) is 4.73. The number of aromatic amines is 1. The van der Waals surface area contributed by atoms with Crippen LogP contribution in [0.25, 0.3) is 0 Å². The molecule has 2 fully saturated rings. The first-order chi connectivity index (χ1) is 13.2. The largest absolute Gasteiger partial charge is 0.379 e. The molecule has 0 unspecified atom stereocenters. The van der Waals surface area contributed by atoms with Crippen molar-refractivity contribution in [3.8, 4) is 0 Å². The van der Waals surface area contributed by atoms with Crippen LogP contribution in [-0.2, 0) is 11.3 Å². The molecule has 4 rings (SSSR count). The third-order valence-corrected chi connectivity index (χ3v) is 5.20. The lowest BCUT2D eigenvalue weighted by Crippen LogP contribution is -2.43. The van der Waals surface area contributed by atoms with Crippen LogP contribution in [0.2, 0.25) is 0 Å². The number of morpholine rings is 1. The molecule has 6 nitrogen and oxygen atoms in total. The predicted octanol–water partition coefficient (Wildman–Crippen LogP) is 2.40. The van der Waals surface area contributed by atoms with Crippen molar-refractivity contribution in [2.45, 2.75) is 25.3 Å². The molecule has 1 aromatic carbocycles. The lowest BCUT2D eigenvalue weighted by molar-refractivity contribution is 0.0319. The van der Waals surface area contributed by atoms with Gasteiger partial charge in [0.05, 0.1) is 13.2 Å². The van der Waals surface area contributed by atoms with Crippen LogP contribution in [0.4, 0.5) is 4.39 Å². The zero-order chi connectivity index (χ0) is 18.6. The molecular formula is C20H25FN4O2. The molecule has 0 radical (unpaired) electrons. The SMILES string of the molecule is O=C(c1cc(C2CC2)[nH]n1)N(CCN1CCOCC1)Cc1ccc(F)cc1. The zero-order valence-corrected chi connectivity index (χ0v) is 15.4. The van der Waals surface area contributed by atoms with E-state index in [9.17, 15) is 9.18 Å². The van der Waals surface area contributed by atoms with Crippen molar-refractivity contribution in [1.82, 2.24) is 20.0 Å². The van der Waals surface area contributed by atoms with Gasteiger partial charge in [0.1, 0.15) is 11.5 Å². The fraction of sp³-hybridized carbons (Fsp3) is 0.500. The van der Waals surface area contributed by atoms with Gasteiger partial charge in [-0.25, -0.2) is 4.39 Å². The van der Waals surface area contributed by atoms with Crippen molar-refractivity contribution in [3.63, 3.8) is 0 Å². The number of halogens is 1. The number of ether oxygens (including phenoxy) is 1. The van der Waals surface area contributed by atoms with Crippen molar-refractivity contribution >= 4 is 5.91 Å². The van der Waals surface area contributed by atoms with Crippen molar-refractivity contribution in [2.24, 2.45) is 0 Å². The second-order valence-electron chi connectivity index (χ2n) is 7.29. The molecule has 0 atom stereocenters. The Morgan fingerprint density at radius 3 is 2.70 bits per heavy atom. The molecule has 1 aliphatic heterocycles. The molecule has 144 valence electrons. The number of H-pyrrole nitrogens is 1. The molecule has 2 aromatic rings. The third-order valence-electron chi connectivity index (χ3n) is 5.20. The summed E-state index contributed by atoms with van der Waals surface area (Å²) in [5.74, 6) is 0.167. The van der Waals surface area contributed by atoms with E-state index in [1.54, 1.807) is 17.0 Å². The van der Waals surface area contributed by atoms with Crippen LogP contribution in [0, 0.1) is 5.82 Å². The first-order valence-electron chi connectivity index (χ1n) is 9.58. The van der Waals surface area contributed by atoms with Crippen molar-refractivity contribution < 1.29 is 13.9 Å². The van der Waals surface area contributed by atoms with Gasteiger partial charge < -0.3 is 9.64 Å². The van der Waals surface area contributed by atoms with Crippen molar-refractivity contribution in [1.29, 1.82) is 0 Å². The standard InChI is InChI=1S/C20H25FN4O2/c21-17-5-1-15(2-6-17)14-25(8-7-24-9-11-27-12-10-24)20(26)19-13-18(22-23-19)16-3-4-16/h1-2,5-6,13,16H,3-4,7-12,14H2,(H,22,23). The van der Waals surface area contributed by atoms with Crippen LogP contribution in [0.1, 0.15) is 40.5 Å². The Bertz CT molecular complexity index is 767. The van der Waals surface area contributed by atoms with Crippen molar-refractivity contribution in [2.75, 3.05) is 39.4 Å². The molecule has 0 spiro atoms. The second kappa shape index (κ2) is 8.19. The quantitative estimate of drug-likeness (QED) is 0.811. The summed E-state index contributed by atoms with van der Waals surface area (Å²) in [6.07, 6.45) is 2.32. The number of aromatic nitrogens is 2. The van der Waals surface area contributed by atoms with Gasteiger partial charge in [-0.15, -0.1) is 0 Å². The van der Waals surface area contributed by atoms with Crippen LogP contribution in [0.15, 0.2) is 30.3 Å². The van der Waals surface area contributed by atoms with E-state index in [4.69, 9.17) is 4.74 Å². The number of hydrogen-bond acceptors (Lipinski definition) is 4. The maximum absolute atomic E-state index is 13.2. The van der Waals surface area contributed by atoms with Gasteiger partial charge >= 0.3 is 0 Å². The number of hydrogen-bond donors (Lipinski definition) is 1. The topological polar surface area (TPSA) is 61.5 Å². The first-order valence-corrected chi connectivity index (χ1v) is 9.58. The van der Waals surface area contributed by atoms with E-state index in [2.05, 4.69) is 15.1 Å². The van der Waals surface area contributed by atoms with Gasteiger partial charge in [-0.3, -0.25) is 14.8 Å². The lowest BCUT2D eigenvalue weighted by Gasteiger charge is -2.30. The Balaban J connectivity index is 1.46. The lowest BCUT2D eigenvalue weighted by atomic mass is 10.2. The highest BCUT2D eigenvalue weighted by atomic mass is 19.1. The Labute approximate surface area is 158 Å². The molecule has 1 aromatic heterocycles. The number of carbonyl (C=O) groups is 1. The van der Waals surface area contributed by atoms with Gasteiger partial charge in [0.2, 0.25) is 0 Å². The molecule has 0 bridgehead atoms. The summed E-state index contributed by atoms with van der Waals surface area (Å²) in [7, 11) is 0. The Kier molecular flexibility index (Phi) is 5.50. The molecule has 1 aliphatic carbocycles. The van der Waals surface area contributed by atoms with E-state index in [1.165, 1.54) is 12.1 Å². The summed E-state index contributed by atoms with van der Waals surface area (Å²) >= 11 is 0. The molecule has 2 heterocycles. The van der Waals surface area contributed by atoms with Crippen LogP contribution >= 0.6 is 0 Å². The number of nitrogens with zero attached hydrogens (tertiary/aromatic N) is 3. The van der Waals surface area contributed by atoms with E-state index < -0.39 is 0 Å². The number of rotatable bonds is 7. The van der Waals surface area contributed by atoms with E-state index in [-0.39, 0.29) is 11.7 Å². The van der Waals surface area contributed by atoms with Gasteiger partial charge in [-0.05, 0) is 36.6 Å². The van der Waals surface area contributed by atoms with E-state index >= 15 is 0 Å². The van der Waals surface area contributed by atoms with Crippen LogP contribution in [0.3, 0.4) is 0 Å². The number of nitrogens with one attached hydrogen (secondary N) is 1. The smallest absolute Gasteiger partial charge is 0.274 e. The minimum Gasteiger partial charge on any atom is -0.379 e. The van der Waals surface area contributed by atoms with E-state index in [1.807, 2.05) is 6.07 Å². The van der Waals surface area contributed by atoms with E-state index in [0.717, 1.165) is 56.9 Å². The van der Waals surface area contributed by atoms with Gasteiger partial charge in [0.15, 0.2) is 0 Å². The number of amides is 1. The van der Waals surface area contributed by atoms with Crippen LogP contribution in [-0.4, -0.2) is 65.3 Å². The Morgan fingerprint density at radius 1 is 1.26 bits per heavy atom. The fourth-order valence-electron chi connectivity index (χ4n) is 3.36. The summed E-state index contributed by atoms with van der Waals surface area (Å²) in [6.45, 7) is 5.05. The monoisotopic (exact) mass is 372 g/mol. The van der Waals surface area contributed by atoms with E-state index in [0.29, 0.717) is 24.7 Å². The maximum atomic E-state index is 13.2. The van der Waals surface area contributed by atoms with Gasteiger partial charge in [-0.2, -0.15) is 5.10 Å². The van der Waals surface area contributed by atoms with Crippen LogP contribution in [0.5, 0.6) is 0 Å². The highest BCUT2D eigenvalue weighted by Gasteiger charge is 2.28. The van der Waals surface area contributed by atoms with Crippen molar-refractivity contribution in [3.05, 3.63) is 53.1 Å². The first kappa shape index (κ1) is 18.1. The normalized spacial score (nSPS) is 17.8. The minimum atomic E-state index is -0.272. The average Bonchev–Trinajstić information content (AvgIpc) is 3.43. The predicted molar refractivity (Wildman–Crippen MR) is 99.0 cm³/mol. The zero-order valence-electron chi connectivity index (χ0n) is 15.4. The molecule has 1 saturated heterocycles. The molecule has 1 N–H and O–H groups in total. The summed E-state index contributed by atoms with van der Waals surface area (Å²) in [5.41, 5.74) is 2.42. The molecular weight excluding hydrogens is 347 g/mol. The fourth-order valence-corrected chi connectivity index (χ4v) is 3.36. The van der Waals surface area contributed by atoms with Crippen LogP contribution < -0.4 is 0 Å². The van der Waals surface area contributed by atoms with Gasteiger partial charge in [-0.1, -0.05) is 12.1 Å². The maximum Gasteiger partial charge on any atom is 0.274 e. The average molecular weight is 372 g/mol. The minimum absolute atomic E-state index is 0.0873. The Hall–Kier alpha value is -2.25. The molecule has 7 heteroatoms. The molecule has 2 aliphatic rings.